The van der Waals surface area contributed by atoms with Gasteiger partial charge in [-0.25, -0.2) is 0 Å². The molecule has 0 bridgehead atoms. The zero-order valence-electron chi connectivity index (χ0n) is 20.2. The molecule has 0 atom stereocenters. The molecule has 0 saturated carbocycles. The van der Waals surface area contributed by atoms with E-state index in [0.717, 1.165) is 0 Å². The van der Waals surface area contributed by atoms with Gasteiger partial charge < -0.3 is 4.57 Å². The first-order valence-corrected chi connectivity index (χ1v) is 11.4. The second kappa shape index (κ2) is 8.00. The van der Waals surface area contributed by atoms with Crippen LogP contribution in [0.3, 0.4) is 0 Å². The fourth-order valence-electron chi connectivity index (χ4n) is 4.83. The highest BCUT2D eigenvalue weighted by Crippen LogP contribution is 2.40. The second-order valence-corrected chi connectivity index (χ2v) is 9.56. The fraction of sp³-hybridized carbons (Fsp3) is 0.345. The van der Waals surface area contributed by atoms with Crippen LogP contribution in [0.1, 0.15) is 67.3 Å². The number of aromatic nitrogens is 2. The maximum atomic E-state index is 2.54. The van der Waals surface area contributed by atoms with Gasteiger partial charge in [-0.15, -0.1) is 0 Å². The molecule has 0 aliphatic rings. The highest BCUT2D eigenvalue weighted by atomic mass is 15.0. The van der Waals surface area contributed by atoms with Gasteiger partial charge in [0.1, 0.15) is 12.7 Å². The monoisotopic (exact) mass is 411 g/mol. The summed E-state index contributed by atoms with van der Waals surface area (Å²) in [6.45, 7) is 15.9. The Hall–Kier alpha value is -2.87. The van der Waals surface area contributed by atoms with Gasteiger partial charge in [-0.1, -0.05) is 64.1 Å². The lowest BCUT2D eigenvalue weighted by Gasteiger charge is -2.23. The summed E-state index contributed by atoms with van der Waals surface area (Å²) in [5, 5.41) is 1.32. The van der Waals surface area contributed by atoms with Crippen LogP contribution >= 0.6 is 0 Å². The number of para-hydroxylation sites is 2. The van der Waals surface area contributed by atoms with Crippen molar-refractivity contribution in [3.05, 3.63) is 82.5 Å². The Kier molecular flexibility index (Phi) is 5.51. The first-order valence-electron chi connectivity index (χ1n) is 11.4. The van der Waals surface area contributed by atoms with Gasteiger partial charge in [0.25, 0.3) is 0 Å². The average molecular weight is 412 g/mol. The van der Waals surface area contributed by atoms with Gasteiger partial charge in [0.2, 0.25) is 5.69 Å². The maximum Gasteiger partial charge on any atom is 0.229 e. The topological polar surface area (TPSA) is 8.81 Å². The van der Waals surface area contributed by atoms with Crippen molar-refractivity contribution in [1.82, 2.24) is 4.57 Å². The van der Waals surface area contributed by atoms with E-state index in [1.165, 1.54) is 55.8 Å². The van der Waals surface area contributed by atoms with Gasteiger partial charge in [-0.2, -0.15) is 4.57 Å². The van der Waals surface area contributed by atoms with Crippen LogP contribution in [0.4, 0.5) is 0 Å². The number of hydrogen-bond acceptors (Lipinski definition) is 0. The molecule has 2 nitrogen and oxygen atoms in total. The van der Waals surface area contributed by atoms with Crippen LogP contribution in [-0.2, 0) is 7.05 Å². The summed E-state index contributed by atoms with van der Waals surface area (Å²) in [5.74, 6) is 0.882. The van der Waals surface area contributed by atoms with E-state index < -0.39 is 0 Å². The molecule has 0 N–H and O–H groups in total. The third-order valence-electron chi connectivity index (χ3n) is 6.68. The number of fused-ring (bicyclic) bond motifs is 1. The number of pyridine rings is 1. The maximum absolute atomic E-state index is 2.54. The van der Waals surface area contributed by atoms with Gasteiger partial charge in [0.15, 0.2) is 6.20 Å². The minimum absolute atomic E-state index is 0.441. The molecule has 2 aromatic heterocycles. The molecule has 4 rings (SSSR count). The minimum Gasteiger partial charge on any atom is -0.303 e. The van der Waals surface area contributed by atoms with Crippen molar-refractivity contribution in [3.8, 4) is 17.1 Å². The van der Waals surface area contributed by atoms with Crippen LogP contribution in [0.2, 0.25) is 0 Å². The Labute approximate surface area is 187 Å². The highest BCUT2D eigenvalue weighted by molar-refractivity contribution is 5.93. The quantitative estimate of drug-likeness (QED) is 0.312. The lowest BCUT2D eigenvalue weighted by atomic mass is 9.92. The summed E-state index contributed by atoms with van der Waals surface area (Å²) < 4.78 is 4.83. The van der Waals surface area contributed by atoms with E-state index >= 15 is 0 Å². The standard InChI is InChI=1S/C29H35N2/c1-18(2)23-13-11-14-24(19(3)4)29(23)31-26-15-10-9-12-25(26)22(7)28(31)27-16-20(5)21(6)17-30(27)8/h9-19H,1-8H3/q+1. The Bertz CT molecular complexity index is 1250. The number of rotatable bonds is 4. The summed E-state index contributed by atoms with van der Waals surface area (Å²) in [4.78, 5) is 0. The Balaban J connectivity index is 2.23. The van der Waals surface area contributed by atoms with E-state index in [4.69, 9.17) is 0 Å². The van der Waals surface area contributed by atoms with E-state index in [1.54, 1.807) is 0 Å². The molecule has 0 radical (unpaired) electrons. The molecule has 31 heavy (non-hydrogen) atoms. The molecular weight excluding hydrogens is 376 g/mol. The van der Waals surface area contributed by atoms with E-state index in [0.29, 0.717) is 11.8 Å². The summed E-state index contributed by atoms with van der Waals surface area (Å²) in [6, 6.07) is 18.0. The third-order valence-corrected chi connectivity index (χ3v) is 6.68. The summed E-state index contributed by atoms with van der Waals surface area (Å²) in [6.07, 6.45) is 2.25. The minimum atomic E-state index is 0.441. The van der Waals surface area contributed by atoms with Gasteiger partial charge in [-0.05, 0) is 60.9 Å². The van der Waals surface area contributed by atoms with E-state index in [1.807, 2.05) is 0 Å². The van der Waals surface area contributed by atoms with Crippen molar-refractivity contribution in [3.63, 3.8) is 0 Å². The SMILES string of the molecule is Cc1cc(-c2c(C)c3ccccc3n2-c2c(C(C)C)cccc2C(C)C)[n+](C)cc1C. The Morgan fingerprint density at radius 2 is 1.39 bits per heavy atom. The molecule has 2 heterocycles. The second-order valence-electron chi connectivity index (χ2n) is 9.56. The summed E-state index contributed by atoms with van der Waals surface area (Å²) >= 11 is 0. The van der Waals surface area contributed by atoms with Crippen LogP contribution in [0, 0.1) is 20.8 Å². The summed E-state index contributed by atoms with van der Waals surface area (Å²) in [7, 11) is 2.17. The molecule has 0 amide bonds. The smallest absolute Gasteiger partial charge is 0.229 e. The van der Waals surface area contributed by atoms with Crippen molar-refractivity contribution in [2.45, 2.75) is 60.3 Å². The Morgan fingerprint density at radius 3 is 2.00 bits per heavy atom. The van der Waals surface area contributed by atoms with Crippen molar-refractivity contribution in [2.75, 3.05) is 0 Å². The summed E-state index contributed by atoms with van der Waals surface area (Å²) in [5.41, 5.74) is 12.0. The molecule has 0 aliphatic carbocycles. The first kappa shape index (κ1) is 21.4. The largest absolute Gasteiger partial charge is 0.303 e. The molecule has 2 aromatic carbocycles. The van der Waals surface area contributed by atoms with Crippen molar-refractivity contribution in [1.29, 1.82) is 0 Å². The zero-order chi connectivity index (χ0) is 22.4. The number of aryl methyl sites for hydroxylation is 4. The number of hydrogen-bond donors (Lipinski definition) is 0. The van der Waals surface area contributed by atoms with Crippen LogP contribution in [0.25, 0.3) is 28.0 Å². The normalized spacial score (nSPS) is 11.8. The van der Waals surface area contributed by atoms with Crippen LogP contribution in [-0.4, -0.2) is 4.57 Å². The zero-order valence-corrected chi connectivity index (χ0v) is 20.2. The molecule has 0 aliphatic heterocycles. The first-order chi connectivity index (χ1) is 14.7. The highest BCUT2D eigenvalue weighted by Gasteiger charge is 2.27. The van der Waals surface area contributed by atoms with Crippen LogP contribution in [0.15, 0.2) is 54.7 Å². The van der Waals surface area contributed by atoms with Crippen LogP contribution < -0.4 is 4.57 Å². The predicted molar refractivity (Wildman–Crippen MR) is 132 cm³/mol. The molecule has 0 unspecified atom stereocenters. The van der Waals surface area contributed by atoms with E-state index in [9.17, 15) is 0 Å². The van der Waals surface area contributed by atoms with Crippen LogP contribution in [0.5, 0.6) is 0 Å². The third kappa shape index (κ3) is 3.48. The van der Waals surface area contributed by atoms with Gasteiger partial charge >= 0.3 is 0 Å². The lowest BCUT2D eigenvalue weighted by Crippen LogP contribution is -2.32. The van der Waals surface area contributed by atoms with Gasteiger partial charge in [0.05, 0.1) is 11.2 Å². The lowest BCUT2D eigenvalue weighted by molar-refractivity contribution is -0.661. The molecule has 0 saturated heterocycles. The van der Waals surface area contributed by atoms with Crippen molar-refractivity contribution >= 4 is 10.9 Å². The molecule has 2 heteroatoms. The number of nitrogens with zero attached hydrogens (tertiary/aromatic N) is 2. The molecule has 160 valence electrons. The fourth-order valence-corrected chi connectivity index (χ4v) is 4.83. The van der Waals surface area contributed by atoms with E-state index in [-0.39, 0.29) is 0 Å². The molecule has 0 spiro atoms. The Morgan fingerprint density at radius 1 is 0.774 bits per heavy atom. The van der Waals surface area contributed by atoms with E-state index in [2.05, 4.69) is 119 Å². The van der Waals surface area contributed by atoms with Crippen molar-refractivity contribution < 1.29 is 4.57 Å². The van der Waals surface area contributed by atoms with Crippen molar-refractivity contribution in [2.24, 2.45) is 7.05 Å². The average Bonchev–Trinajstić information content (AvgIpc) is 3.02. The predicted octanol–water partition coefficient (Wildman–Crippen LogP) is 7.29. The molecule has 0 fully saturated rings. The van der Waals surface area contributed by atoms with Gasteiger partial charge in [0, 0.05) is 17.0 Å². The molecular formula is C29H35N2+. The number of benzene rings is 2. The van der Waals surface area contributed by atoms with Gasteiger partial charge in [-0.3, -0.25) is 0 Å². The molecule has 4 aromatic rings.